The van der Waals surface area contributed by atoms with Crippen LogP contribution in [-0.4, -0.2) is 78.3 Å². The first-order valence-electron chi connectivity index (χ1n) is 14.4. The Bertz CT molecular complexity index is 1410. The Morgan fingerprint density at radius 2 is 1.60 bits per heavy atom. The molecule has 10 heteroatoms. The average Bonchev–Trinajstić information content (AvgIpc) is 3.29. The van der Waals surface area contributed by atoms with E-state index in [1.165, 1.54) is 0 Å². The van der Waals surface area contributed by atoms with Gasteiger partial charge in [0.25, 0.3) is 5.91 Å². The smallest absolute Gasteiger partial charge is 0.253 e. The van der Waals surface area contributed by atoms with Crippen molar-refractivity contribution in [2.75, 3.05) is 42.6 Å². The molecule has 3 amide bonds. The Morgan fingerprint density at radius 3 is 2.29 bits per heavy atom. The number of aliphatic hydroxyl groups is 1. The predicted octanol–water partition coefficient (Wildman–Crippen LogP) is 3.60. The summed E-state index contributed by atoms with van der Waals surface area (Å²) < 4.78 is 12.3. The fourth-order valence-electron chi connectivity index (χ4n) is 6.74. The zero-order valence-electron chi connectivity index (χ0n) is 23.4. The molecule has 2 fully saturated rings. The van der Waals surface area contributed by atoms with Gasteiger partial charge in [-0.05, 0) is 68.3 Å². The highest BCUT2D eigenvalue weighted by Crippen LogP contribution is 2.54. The summed E-state index contributed by atoms with van der Waals surface area (Å²) in [7, 11) is 0. The van der Waals surface area contributed by atoms with Gasteiger partial charge in [-0.25, -0.2) is 0 Å². The summed E-state index contributed by atoms with van der Waals surface area (Å²) >= 11 is 6.11. The summed E-state index contributed by atoms with van der Waals surface area (Å²) in [5.41, 5.74) is 0.0335. The molecule has 1 N–H and O–H groups in total. The minimum Gasteiger partial charge on any atom is -0.494 e. The molecular formula is C32H34ClN3O6. The molecule has 6 rings (SSSR count). The summed E-state index contributed by atoms with van der Waals surface area (Å²) in [4.78, 5) is 47.8. The number of aliphatic hydroxyl groups excluding tert-OH is 1. The first-order valence-corrected chi connectivity index (χ1v) is 14.8. The summed E-state index contributed by atoms with van der Waals surface area (Å²) in [5, 5.41) is 9.97. The van der Waals surface area contributed by atoms with Crippen LogP contribution >= 0.6 is 11.6 Å². The van der Waals surface area contributed by atoms with Crippen molar-refractivity contribution in [2.45, 2.75) is 37.5 Å². The van der Waals surface area contributed by atoms with Gasteiger partial charge in [-0.3, -0.25) is 14.4 Å². The number of carbonyl (C=O) groups is 3. The van der Waals surface area contributed by atoms with Gasteiger partial charge < -0.3 is 29.3 Å². The van der Waals surface area contributed by atoms with Gasteiger partial charge in [0.2, 0.25) is 11.8 Å². The van der Waals surface area contributed by atoms with E-state index in [0.29, 0.717) is 48.1 Å². The zero-order valence-corrected chi connectivity index (χ0v) is 24.2. The van der Waals surface area contributed by atoms with Gasteiger partial charge in [0, 0.05) is 42.6 Å². The van der Waals surface area contributed by atoms with E-state index in [1.807, 2.05) is 55.5 Å². The fraction of sp³-hybridized carbons (Fsp3) is 0.406. The lowest BCUT2D eigenvalue weighted by atomic mass is 9.77. The van der Waals surface area contributed by atoms with Crippen LogP contribution in [0.1, 0.15) is 19.8 Å². The van der Waals surface area contributed by atoms with E-state index in [-0.39, 0.29) is 37.4 Å². The van der Waals surface area contributed by atoms with Gasteiger partial charge in [-0.1, -0.05) is 35.9 Å². The van der Waals surface area contributed by atoms with Crippen LogP contribution in [0.4, 0.5) is 11.4 Å². The standard InChI is InChI=1S/C32H34ClN3O6/c1-2-41-24-14-12-23(13-15-24)34-18-5-7-25-26(29(34)38)27-30(39)36(17-3-4-20-37)28-31(40)35(19-6-16-32(27,28)42-25)22-10-8-21(33)9-11-22/h5-16,25-28,37H,2-4,17-20H2,1H3/t25-,26+,27+,28?,32+/m1/s1. The number of likely N-dealkylation sites (tertiary alicyclic amines) is 1. The molecule has 4 aliphatic heterocycles. The molecular weight excluding hydrogens is 558 g/mol. The van der Waals surface area contributed by atoms with Gasteiger partial charge in [0.1, 0.15) is 17.4 Å². The van der Waals surface area contributed by atoms with Crippen LogP contribution < -0.4 is 14.5 Å². The molecule has 0 bridgehead atoms. The minimum atomic E-state index is -1.31. The van der Waals surface area contributed by atoms with Crippen molar-refractivity contribution in [1.29, 1.82) is 0 Å². The van der Waals surface area contributed by atoms with Crippen molar-refractivity contribution in [3.63, 3.8) is 0 Å². The lowest BCUT2D eigenvalue weighted by Crippen LogP contribution is -2.55. The molecule has 2 aromatic rings. The van der Waals surface area contributed by atoms with Gasteiger partial charge in [-0.15, -0.1) is 0 Å². The number of fused-ring (bicyclic) bond motifs is 2. The van der Waals surface area contributed by atoms with Gasteiger partial charge in [0.05, 0.1) is 24.5 Å². The second kappa shape index (κ2) is 11.6. The van der Waals surface area contributed by atoms with Gasteiger partial charge in [-0.2, -0.15) is 0 Å². The number of carbonyl (C=O) groups excluding carboxylic acids is 3. The van der Waals surface area contributed by atoms with Crippen LogP contribution in [0, 0.1) is 11.8 Å². The Balaban J connectivity index is 1.38. The minimum absolute atomic E-state index is 0.0203. The van der Waals surface area contributed by atoms with Crippen molar-refractivity contribution in [3.05, 3.63) is 77.9 Å². The van der Waals surface area contributed by atoms with E-state index in [9.17, 15) is 19.5 Å². The van der Waals surface area contributed by atoms with Crippen molar-refractivity contribution in [2.24, 2.45) is 11.8 Å². The molecule has 1 unspecified atom stereocenters. The van der Waals surface area contributed by atoms with Crippen LogP contribution in [0.5, 0.6) is 5.75 Å². The number of unbranched alkanes of at least 4 members (excludes halogenated alkanes) is 1. The summed E-state index contributed by atoms with van der Waals surface area (Å²) in [6, 6.07) is 13.3. The first-order chi connectivity index (χ1) is 20.4. The van der Waals surface area contributed by atoms with E-state index in [2.05, 4.69) is 0 Å². The topological polar surface area (TPSA) is 99.6 Å². The first kappa shape index (κ1) is 28.5. The van der Waals surface area contributed by atoms with Crippen LogP contribution in [0.3, 0.4) is 0 Å². The van der Waals surface area contributed by atoms with E-state index in [0.717, 1.165) is 0 Å². The Labute approximate surface area is 249 Å². The zero-order chi connectivity index (χ0) is 29.4. The molecule has 0 aromatic heterocycles. The molecule has 2 aromatic carbocycles. The number of anilines is 2. The number of rotatable bonds is 8. The third-order valence-electron chi connectivity index (χ3n) is 8.56. The van der Waals surface area contributed by atoms with E-state index in [1.54, 1.807) is 39.0 Å². The molecule has 42 heavy (non-hydrogen) atoms. The van der Waals surface area contributed by atoms with Gasteiger partial charge >= 0.3 is 0 Å². The third-order valence-corrected chi connectivity index (χ3v) is 8.82. The fourth-order valence-corrected chi connectivity index (χ4v) is 6.87. The highest BCUT2D eigenvalue weighted by Gasteiger charge is 2.71. The van der Waals surface area contributed by atoms with Crippen molar-refractivity contribution < 1.29 is 29.0 Å². The second-order valence-corrected chi connectivity index (χ2v) is 11.4. The highest BCUT2D eigenvalue weighted by atomic mass is 35.5. The number of nitrogens with zero attached hydrogens (tertiary/aromatic N) is 3. The van der Waals surface area contributed by atoms with E-state index < -0.39 is 29.6 Å². The maximum atomic E-state index is 14.4. The largest absolute Gasteiger partial charge is 0.494 e. The number of hydrogen-bond donors (Lipinski definition) is 1. The molecule has 0 saturated carbocycles. The predicted molar refractivity (Wildman–Crippen MR) is 158 cm³/mol. The maximum Gasteiger partial charge on any atom is 0.253 e. The summed E-state index contributed by atoms with van der Waals surface area (Å²) in [5.74, 6) is -1.77. The Morgan fingerprint density at radius 1 is 0.929 bits per heavy atom. The second-order valence-electron chi connectivity index (χ2n) is 10.9. The monoisotopic (exact) mass is 591 g/mol. The lowest BCUT2D eigenvalue weighted by molar-refractivity contribution is -0.140. The molecule has 1 spiro atoms. The SMILES string of the molecule is CCOc1ccc(N2CC=C[C@H]3O[C@]45C=CCN(c6ccc(Cl)cc6)C(=O)C4N(CCCCO)C(=O)[C@@H]5[C@H]3C2=O)cc1. The molecule has 4 aliphatic rings. The summed E-state index contributed by atoms with van der Waals surface area (Å²) in [6.07, 6.45) is 7.76. The van der Waals surface area contributed by atoms with Crippen LogP contribution in [0.15, 0.2) is 72.8 Å². The van der Waals surface area contributed by atoms with Crippen LogP contribution in [-0.2, 0) is 19.1 Å². The Hall–Kier alpha value is -3.66. The van der Waals surface area contributed by atoms with E-state index in [4.69, 9.17) is 21.1 Å². The van der Waals surface area contributed by atoms with Crippen molar-refractivity contribution in [1.82, 2.24) is 4.90 Å². The van der Waals surface area contributed by atoms with Crippen molar-refractivity contribution >= 4 is 40.7 Å². The maximum absolute atomic E-state index is 14.4. The molecule has 9 nitrogen and oxygen atoms in total. The lowest BCUT2D eigenvalue weighted by Gasteiger charge is -2.35. The number of hydrogen-bond acceptors (Lipinski definition) is 6. The van der Waals surface area contributed by atoms with Gasteiger partial charge in [0.15, 0.2) is 0 Å². The number of amides is 3. The van der Waals surface area contributed by atoms with Crippen LogP contribution in [0.2, 0.25) is 5.02 Å². The molecule has 2 saturated heterocycles. The third kappa shape index (κ3) is 4.69. The summed E-state index contributed by atoms with van der Waals surface area (Å²) in [6.45, 7) is 3.31. The highest BCUT2D eigenvalue weighted by molar-refractivity contribution is 6.30. The number of halogens is 1. The molecule has 5 atom stereocenters. The normalized spacial score (nSPS) is 28.5. The number of ether oxygens (including phenoxy) is 2. The Kier molecular flexibility index (Phi) is 7.83. The number of benzene rings is 2. The van der Waals surface area contributed by atoms with E-state index >= 15 is 0 Å². The average molecular weight is 592 g/mol. The van der Waals surface area contributed by atoms with Crippen molar-refractivity contribution in [3.8, 4) is 5.75 Å². The quantitative estimate of drug-likeness (QED) is 0.372. The molecule has 0 radical (unpaired) electrons. The van der Waals surface area contributed by atoms with Crippen LogP contribution in [0.25, 0.3) is 0 Å². The molecule has 220 valence electrons. The molecule has 4 heterocycles. The molecule has 0 aliphatic carbocycles.